The van der Waals surface area contributed by atoms with Crippen molar-refractivity contribution in [1.82, 2.24) is 9.55 Å². The molecule has 0 bridgehead atoms. The van der Waals surface area contributed by atoms with E-state index in [9.17, 15) is 19.8 Å². The number of benzene rings is 1. The number of para-hydroxylation sites is 1. The average molecular weight is 378 g/mol. The highest BCUT2D eigenvalue weighted by atomic mass is 16.7. The van der Waals surface area contributed by atoms with E-state index in [1.54, 1.807) is 30.3 Å². The molecule has 1 aliphatic heterocycles. The minimum Gasteiger partial charge on any atom is -0.394 e. The molecule has 1 aromatic heterocycles. The predicted molar refractivity (Wildman–Crippen MR) is 91.7 cm³/mol. The Morgan fingerprint density at radius 3 is 2.59 bits per heavy atom. The van der Waals surface area contributed by atoms with Crippen molar-refractivity contribution in [3.05, 3.63) is 53.1 Å². The van der Waals surface area contributed by atoms with Crippen molar-refractivity contribution in [1.29, 1.82) is 0 Å². The van der Waals surface area contributed by atoms with E-state index in [1.165, 1.54) is 12.3 Å². The molecule has 0 saturated carbocycles. The Hall–Kier alpha value is -2.99. The molecule has 1 saturated heterocycles. The van der Waals surface area contributed by atoms with Gasteiger partial charge >= 0.3 is 11.8 Å². The highest BCUT2D eigenvalue weighted by molar-refractivity contribution is 5.84. The molecule has 0 unspecified atom stereocenters. The molecule has 1 fully saturated rings. The van der Waals surface area contributed by atoms with Crippen LogP contribution in [0, 0.1) is 0 Å². The number of hydrogen-bond acceptors (Lipinski definition) is 9. The minimum atomic E-state index is -1.41. The van der Waals surface area contributed by atoms with Crippen LogP contribution in [0.3, 0.4) is 0 Å². The Bertz CT molecular complexity index is 844. The molecular weight excluding hydrogens is 360 g/mol. The van der Waals surface area contributed by atoms with Crippen LogP contribution in [-0.4, -0.2) is 55.9 Å². The van der Waals surface area contributed by atoms with E-state index in [4.69, 9.17) is 14.7 Å². The van der Waals surface area contributed by atoms with Gasteiger partial charge in [-0.05, 0) is 12.1 Å². The van der Waals surface area contributed by atoms with Crippen molar-refractivity contribution in [3.63, 3.8) is 0 Å². The Morgan fingerprint density at radius 1 is 1.22 bits per heavy atom. The predicted octanol–water partition coefficient (Wildman–Crippen LogP) is -0.570. The smallest absolute Gasteiger partial charge is 0.394 e. The minimum absolute atomic E-state index is 0.0498. The largest absolute Gasteiger partial charge is 0.435 e. The van der Waals surface area contributed by atoms with Crippen LogP contribution in [0.2, 0.25) is 0 Å². The summed E-state index contributed by atoms with van der Waals surface area (Å²) < 4.78 is 6.22. The topological polar surface area (TPSA) is 155 Å². The Balaban J connectivity index is 1.62. The van der Waals surface area contributed by atoms with Gasteiger partial charge < -0.3 is 24.9 Å². The standard InChI is InChI=1S/C16H18N4O7/c21-8-10-12(22)13(23)14(26-10)20-7-6-11(18-15(20)24)19-27-16(25)17-9-4-2-1-3-5-9/h1-7,10,12-14,21-23H,8H2,(H,17,25)(H,18,19,24)/t10-,12-,13-,14-/m1/s1. The van der Waals surface area contributed by atoms with Gasteiger partial charge in [-0.3, -0.25) is 9.88 Å². The summed E-state index contributed by atoms with van der Waals surface area (Å²) in [5.74, 6) is -0.0498. The lowest BCUT2D eigenvalue weighted by atomic mass is 10.1. The molecule has 2 aromatic rings. The second-order valence-electron chi connectivity index (χ2n) is 5.71. The lowest BCUT2D eigenvalue weighted by Gasteiger charge is -2.17. The van der Waals surface area contributed by atoms with Crippen molar-refractivity contribution >= 4 is 17.6 Å². The summed E-state index contributed by atoms with van der Waals surface area (Å²) >= 11 is 0. The van der Waals surface area contributed by atoms with Gasteiger partial charge in [-0.25, -0.2) is 9.59 Å². The van der Waals surface area contributed by atoms with Crippen molar-refractivity contribution in [2.24, 2.45) is 0 Å². The first-order valence-electron chi connectivity index (χ1n) is 8.00. The second kappa shape index (κ2) is 8.14. The van der Waals surface area contributed by atoms with Gasteiger partial charge in [0, 0.05) is 18.0 Å². The van der Waals surface area contributed by atoms with Crippen LogP contribution in [0.4, 0.5) is 16.3 Å². The number of aliphatic hydroxyl groups is 3. The fourth-order valence-corrected chi connectivity index (χ4v) is 2.54. The zero-order chi connectivity index (χ0) is 19.4. The van der Waals surface area contributed by atoms with Crippen molar-refractivity contribution in [2.75, 3.05) is 17.4 Å². The average Bonchev–Trinajstić information content (AvgIpc) is 2.95. The van der Waals surface area contributed by atoms with E-state index in [1.807, 2.05) is 0 Å². The molecule has 0 spiro atoms. The van der Waals surface area contributed by atoms with Gasteiger partial charge in [-0.1, -0.05) is 18.2 Å². The molecule has 3 rings (SSSR count). The number of anilines is 2. The maximum absolute atomic E-state index is 12.1. The van der Waals surface area contributed by atoms with Crippen molar-refractivity contribution in [3.8, 4) is 0 Å². The number of carbonyl (C=O) groups is 1. The lowest BCUT2D eigenvalue weighted by molar-refractivity contribution is -0.0549. The fourth-order valence-electron chi connectivity index (χ4n) is 2.54. The maximum Gasteiger partial charge on any atom is 0.435 e. The number of rotatable bonds is 5. The molecule has 11 heteroatoms. The normalized spacial score (nSPS) is 24.4. The molecule has 1 aromatic carbocycles. The van der Waals surface area contributed by atoms with E-state index in [0.717, 1.165) is 4.57 Å². The van der Waals surface area contributed by atoms with Gasteiger partial charge in [0.25, 0.3) is 0 Å². The van der Waals surface area contributed by atoms with E-state index < -0.39 is 42.9 Å². The first-order valence-corrected chi connectivity index (χ1v) is 8.00. The molecule has 27 heavy (non-hydrogen) atoms. The number of aliphatic hydroxyl groups excluding tert-OH is 3. The number of nitrogens with one attached hydrogen (secondary N) is 2. The molecule has 0 aliphatic carbocycles. The number of ether oxygens (including phenoxy) is 1. The van der Waals surface area contributed by atoms with E-state index in [2.05, 4.69) is 15.8 Å². The van der Waals surface area contributed by atoms with Crippen molar-refractivity contribution < 1.29 is 29.7 Å². The van der Waals surface area contributed by atoms with E-state index >= 15 is 0 Å². The summed E-state index contributed by atoms with van der Waals surface area (Å²) in [4.78, 5) is 32.2. The summed E-state index contributed by atoms with van der Waals surface area (Å²) in [6, 6.07) is 9.92. The molecule has 4 atom stereocenters. The third-order valence-corrected chi connectivity index (χ3v) is 3.89. The number of nitrogens with zero attached hydrogens (tertiary/aromatic N) is 2. The van der Waals surface area contributed by atoms with Gasteiger partial charge in [0.05, 0.1) is 6.61 Å². The Kier molecular flexibility index (Phi) is 5.66. The zero-order valence-corrected chi connectivity index (χ0v) is 13.9. The number of aromatic nitrogens is 2. The second-order valence-corrected chi connectivity index (χ2v) is 5.71. The summed E-state index contributed by atoms with van der Waals surface area (Å²) in [6.07, 6.45) is -4.52. The quantitative estimate of drug-likeness (QED) is 0.430. The lowest BCUT2D eigenvalue weighted by Crippen LogP contribution is -2.36. The molecule has 0 radical (unpaired) electrons. The molecule has 5 N–H and O–H groups in total. The van der Waals surface area contributed by atoms with Crippen LogP contribution in [0.25, 0.3) is 0 Å². The Labute approximate surface area is 152 Å². The molecule has 1 amide bonds. The third kappa shape index (κ3) is 4.23. The molecule has 1 aliphatic rings. The summed E-state index contributed by atoms with van der Waals surface area (Å²) in [7, 11) is 0. The summed E-state index contributed by atoms with van der Waals surface area (Å²) in [6.45, 7) is -0.513. The first-order chi connectivity index (χ1) is 13.0. The molecule has 2 heterocycles. The van der Waals surface area contributed by atoms with Gasteiger partial charge in [0.2, 0.25) is 0 Å². The highest BCUT2D eigenvalue weighted by Crippen LogP contribution is 2.28. The van der Waals surface area contributed by atoms with Crippen LogP contribution in [-0.2, 0) is 9.57 Å². The number of hydrogen-bond donors (Lipinski definition) is 5. The Morgan fingerprint density at radius 2 is 1.96 bits per heavy atom. The fraction of sp³-hybridized carbons (Fsp3) is 0.312. The van der Waals surface area contributed by atoms with E-state index in [0.29, 0.717) is 5.69 Å². The summed E-state index contributed by atoms with van der Waals surface area (Å²) in [5, 5.41) is 31.3. The monoisotopic (exact) mass is 378 g/mol. The van der Waals surface area contributed by atoms with Crippen LogP contribution in [0.15, 0.2) is 47.4 Å². The maximum atomic E-state index is 12.1. The van der Waals surface area contributed by atoms with Gasteiger partial charge in [-0.2, -0.15) is 10.5 Å². The third-order valence-electron chi connectivity index (χ3n) is 3.89. The van der Waals surface area contributed by atoms with Crippen LogP contribution in [0.1, 0.15) is 6.23 Å². The van der Waals surface area contributed by atoms with Crippen LogP contribution in [0.5, 0.6) is 0 Å². The molecular formula is C16H18N4O7. The SMILES string of the molecule is O=C(Nc1ccccc1)ONc1ccn([C@@H]2O[C@H](CO)[C@@H](O)[C@H]2O)c(=O)n1. The zero-order valence-electron chi connectivity index (χ0n) is 13.9. The van der Waals surface area contributed by atoms with Gasteiger partial charge in [-0.15, -0.1) is 0 Å². The first kappa shape index (κ1) is 18.8. The summed E-state index contributed by atoms with van der Waals surface area (Å²) in [5.41, 5.74) is 1.94. The van der Waals surface area contributed by atoms with Crippen molar-refractivity contribution in [2.45, 2.75) is 24.5 Å². The van der Waals surface area contributed by atoms with E-state index in [-0.39, 0.29) is 5.82 Å². The molecule has 144 valence electrons. The van der Waals surface area contributed by atoms with Gasteiger partial charge in [0.1, 0.15) is 18.3 Å². The van der Waals surface area contributed by atoms with Crippen LogP contribution >= 0.6 is 0 Å². The number of carbonyl (C=O) groups excluding carboxylic acids is 1. The highest BCUT2D eigenvalue weighted by Gasteiger charge is 2.43. The molecule has 11 nitrogen and oxygen atoms in total. The van der Waals surface area contributed by atoms with Gasteiger partial charge in [0.15, 0.2) is 12.0 Å². The number of amides is 1. The van der Waals surface area contributed by atoms with Crippen LogP contribution < -0.4 is 16.5 Å².